The Hall–Kier alpha value is -4.76. The summed E-state index contributed by atoms with van der Waals surface area (Å²) in [7, 11) is 0. The third-order valence-corrected chi connectivity index (χ3v) is 7.13. The number of hydrogen-bond acceptors (Lipinski definition) is 3. The van der Waals surface area contributed by atoms with Crippen molar-refractivity contribution in [2.45, 2.75) is 13.8 Å². The number of benzene rings is 4. The molecule has 4 heteroatoms. The van der Waals surface area contributed by atoms with E-state index in [2.05, 4.69) is 102 Å². The fourth-order valence-corrected chi connectivity index (χ4v) is 4.97. The SMILES string of the molecule is Cc1ccc(-c2ccc(-c3cc[c-]c(-c4ccccn4)c3)c3ccncc23)cc1.Cc1ccnc(-c2[c-]cccc2)c1.[Ir]. The fraction of sp³-hybridized carbons (Fsp3) is 0.0513. The Balaban J connectivity index is 0.000000221. The van der Waals surface area contributed by atoms with Crippen LogP contribution in [0.25, 0.3) is 55.5 Å². The first-order chi connectivity index (χ1) is 20.7. The maximum absolute atomic E-state index is 4.47. The van der Waals surface area contributed by atoms with Gasteiger partial charge >= 0.3 is 0 Å². The Labute approximate surface area is 266 Å². The third kappa shape index (κ3) is 7.01. The van der Waals surface area contributed by atoms with E-state index in [-0.39, 0.29) is 20.1 Å². The zero-order valence-corrected chi connectivity index (χ0v) is 26.3. The molecule has 3 heterocycles. The molecule has 211 valence electrons. The summed E-state index contributed by atoms with van der Waals surface area (Å²) < 4.78 is 0. The van der Waals surface area contributed by atoms with Crippen LogP contribution in [0.1, 0.15) is 11.1 Å². The molecule has 3 nitrogen and oxygen atoms in total. The van der Waals surface area contributed by atoms with Gasteiger partial charge in [-0.05, 0) is 65.5 Å². The molecule has 7 rings (SSSR count). The van der Waals surface area contributed by atoms with Crippen molar-refractivity contribution >= 4 is 10.8 Å². The molecule has 0 saturated carbocycles. The molecule has 0 amide bonds. The average Bonchev–Trinajstić information content (AvgIpc) is 3.06. The second-order valence-electron chi connectivity index (χ2n) is 10.1. The Bertz CT molecular complexity index is 1940. The Morgan fingerprint density at radius 3 is 2.02 bits per heavy atom. The van der Waals surface area contributed by atoms with Gasteiger partial charge in [-0.25, -0.2) is 0 Å². The molecule has 0 N–H and O–H groups in total. The van der Waals surface area contributed by atoms with Gasteiger partial charge in [0.25, 0.3) is 0 Å². The minimum atomic E-state index is 0. The molecule has 0 bridgehead atoms. The third-order valence-electron chi connectivity index (χ3n) is 7.13. The number of aryl methyl sites for hydroxylation is 2. The summed E-state index contributed by atoms with van der Waals surface area (Å²) >= 11 is 0. The molecule has 0 fully saturated rings. The summed E-state index contributed by atoms with van der Waals surface area (Å²) in [6, 6.07) is 45.7. The van der Waals surface area contributed by atoms with Crippen LogP contribution in [-0.4, -0.2) is 15.0 Å². The topological polar surface area (TPSA) is 38.7 Å². The van der Waals surface area contributed by atoms with Crippen molar-refractivity contribution in [3.05, 3.63) is 163 Å². The van der Waals surface area contributed by atoms with Crippen LogP contribution in [0.2, 0.25) is 0 Å². The molecule has 4 aromatic carbocycles. The van der Waals surface area contributed by atoms with Crippen molar-refractivity contribution in [2.75, 3.05) is 0 Å². The number of aromatic nitrogens is 3. The van der Waals surface area contributed by atoms with Crippen LogP contribution in [0.4, 0.5) is 0 Å². The summed E-state index contributed by atoms with van der Waals surface area (Å²) in [5.74, 6) is 0. The van der Waals surface area contributed by atoms with E-state index >= 15 is 0 Å². The van der Waals surface area contributed by atoms with Crippen molar-refractivity contribution in [1.29, 1.82) is 0 Å². The number of rotatable bonds is 4. The van der Waals surface area contributed by atoms with Gasteiger partial charge in [0.05, 0.1) is 0 Å². The second-order valence-corrected chi connectivity index (χ2v) is 10.1. The first-order valence-corrected chi connectivity index (χ1v) is 13.9. The van der Waals surface area contributed by atoms with E-state index in [4.69, 9.17) is 0 Å². The zero-order chi connectivity index (χ0) is 28.7. The predicted molar refractivity (Wildman–Crippen MR) is 173 cm³/mol. The maximum Gasteiger partial charge on any atom is 0.0352 e. The van der Waals surface area contributed by atoms with Gasteiger partial charge in [-0.3, -0.25) is 4.98 Å². The fourth-order valence-electron chi connectivity index (χ4n) is 4.97. The Morgan fingerprint density at radius 2 is 1.28 bits per heavy atom. The van der Waals surface area contributed by atoms with Gasteiger partial charge in [0, 0.05) is 50.3 Å². The average molecular weight is 732 g/mol. The van der Waals surface area contributed by atoms with Gasteiger partial charge < -0.3 is 9.97 Å². The van der Waals surface area contributed by atoms with E-state index < -0.39 is 0 Å². The van der Waals surface area contributed by atoms with Crippen molar-refractivity contribution in [3.63, 3.8) is 0 Å². The van der Waals surface area contributed by atoms with Crippen molar-refractivity contribution < 1.29 is 20.1 Å². The first-order valence-electron chi connectivity index (χ1n) is 13.9. The number of nitrogens with zero attached hydrogens (tertiary/aromatic N) is 3. The molecule has 0 aliphatic rings. The molecule has 0 saturated heterocycles. The van der Waals surface area contributed by atoms with Crippen molar-refractivity contribution in [2.24, 2.45) is 0 Å². The minimum Gasteiger partial charge on any atom is -0.305 e. The molecule has 3 aromatic heterocycles. The molecular weight excluding hydrogens is 703 g/mol. The minimum absolute atomic E-state index is 0. The van der Waals surface area contributed by atoms with Gasteiger partial charge in [0.1, 0.15) is 0 Å². The molecule has 0 aliphatic heterocycles. The van der Waals surface area contributed by atoms with E-state index in [1.807, 2.05) is 79.4 Å². The molecule has 1 radical (unpaired) electrons. The van der Waals surface area contributed by atoms with Crippen LogP contribution < -0.4 is 0 Å². The van der Waals surface area contributed by atoms with E-state index in [0.29, 0.717) is 0 Å². The van der Waals surface area contributed by atoms with E-state index in [9.17, 15) is 0 Å². The van der Waals surface area contributed by atoms with Gasteiger partial charge in [-0.15, -0.1) is 71.3 Å². The quantitative estimate of drug-likeness (QED) is 0.169. The maximum atomic E-state index is 4.47. The molecule has 0 atom stereocenters. The van der Waals surface area contributed by atoms with Crippen LogP contribution in [0.3, 0.4) is 0 Å². The van der Waals surface area contributed by atoms with E-state index in [1.165, 1.54) is 33.2 Å². The van der Waals surface area contributed by atoms with Gasteiger partial charge in [-0.1, -0.05) is 65.7 Å². The molecule has 43 heavy (non-hydrogen) atoms. The van der Waals surface area contributed by atoms with E-state index in [0.717, 1.165) is 33.5 Å². The van der Waals surface area contributed by atoms with Crippen LogP contribution >= 0.6 is 0 Å². The zero-order valence-electron chi connectivity index (χ0n) is 24.0. The molecule has 0 unspecified atom stereocenters. The van der Waals surface area contributed by atoms with Crippen LogP contribution in [0.15, 0.2) is 140 Å². The standard InChI is InChI=1S/C27H19N2.C12H10N.Ir/c1-19-8-10-20(11-9-19)23-12-13-24(25-14-16-28-18-26(23)25)21-5-4-6-22(17-21)27-7-2-3-15-29-27;1-10-7-8-13-12(9-10)11-5-3-2-4-6-11;/h2-5,7-18H,1H3;2-5,7-9H,1H3;/q2*-1;. The van der Waals surface area contributed by atoms with Gasteiger partial charge in [0.15, 0.2) is 0 Å². The molecule has 0 aliphatic carbocycles. The second kappa shape index (κ2) is 13.9. The molecule has 0 spiro atoms. The summed E-state index contributed by atoms with van der Waals surface area (Å²) in [6.07, 6.45) is 7.46. The smallest absolute Gasteiger partial charge is 0.0352 e. The van der Waals surface area contributed by atoms with E-state index in [1.54, 1.807) is 0 Å². The number of pyridine rings is 3. The first kappa shape index (κ1) is 29.7. The normalized spacial score (nSPS) is 10.4. The molecule has 7 aromatic rings. The van der Waals surface area contributed by atoms with Crippen molar-refractivity contribution in [3.8, 4) is 44.8 Å². The number of hydrogen-bond donors (Lipinski definition) is 0. The summed E-state index contributed by atoms with van der Waals surface area (Å²) in [5.41, 5.74) is 11.2. The Kier molecular flexibility index (Phi) is 9.63. The van der Waals surface area contributed by atoms with Gasteiger partial charge in [0.2, 0.25) is 0 Å². The predicted octanol–water partition coefficient (Wildman–Crippen LogP) is 9.59. The summed E-state index contributed by atoms with van der Waals surface area (Å²) in [4.78, 5) is 13.1. The Morgan fingerprint density at radius 1 is 0.512 bits per heavy atom. The van der Waals surface area contributed by atoms with Crippen LogP contribution in [-0.2, 0) is 20.1 Å². The van der Waals surface area contributed by atoms with Crippen molar-refractivity contribution in [1.82, 2.24) is 15.0 Å². The van der Waals surface area contributed by atoms with Gasteiger partial charge in [-0.2, -0.15) is 0 Å². The van der Waals surface area contributed by atoms with Crippen LogP contribution in [0, 0.1) is 26.0 Å². The summed E-state index contributed by atoms with van der Waals surface area (Å²) in [6.45, 7) is 4.17. The largest absolute Gasteiger partial charge is 0.305 e. The number of fused-ring (bicyclic) bond motifs is 1. The monoisotopic (exact) mass is 732 g/mol. The summed E-state index contributed by atoms with van der Waals surface area (Å²) in [5, 5.41) is 2.34. The van der Waals surface area contributed by atoms with Crippen LogP contribution in [0.5, 0.6) is 0 Å². The molecular formula is C39H29IrN3-2.